The van der Waals surface area contributed by atoms with Gasteiger partial charge in [-0.15, -0.1) is 0 Å². The number of nitrogens with zero attached hydrogens (tertiary/aromatic N) is 2. The maximum absolute atomic E-state index is 12.5. The molecule has 0 spiro atoms. The van der Waals surface area contributed by atoms with Gasteiger partial charge in [0.2, 0.25) is 5.91 Å². The van der Waals surface area contributed by atoms with Crippen LogP contribution in [0, 0.1) is 5.41 Å². The maximum Gasteiger partial charge on any atom is 0.280 e. The first-order chi connectivity index (χ1) is 9.81. The van der Waals surface area contributed by atoms with E-state index in [4.69, 9.17) is 0 Å². The number of fused-ring (bicyclic) bond motifs is 1. The van der Waals surface area contributed by atoms with E-state index < -0.39 is 0 Å². The summed E-state index contributed by atoms with van der Waals surface area (Å²) in [4.78, 5) is 29.1. The first-order valence-electron chi connectivity index (χ1n) is 7.12. The molecule has 0 aliphatic rings. The van der Waals surface area contributed by atoms with E-state index in [9.17, 15) is 9.59 Å². The molecule has 5 heteroatoms. The number of carbonyl (C=O) groups is 1. The van der Waals surface area contributed by atoms with Gasteiger partial charge in [-0.2, -0.15) is 0 Å². The molecule has 0 atom stereocenters. The highest BCUT2D eigenvalue weighted by Gasteiger charge is 2.18. The first kappa shape index (κ1) is 15.2. The van der Waals surface area contributed by atoms with E-state index in [0.717, 1.165) is 0 Å². The molecule has 5 nitrogen and oxygen atoms in total. The van der Waals surface area contributed by atoms with Gasteiger partial charge in [-0.05, 0) is 17.5 Å². The Labute approximate surface area is 124 Å². The third-order valence-corrected chi connectivity index (χ3v) is 3.09. The highest BCUT2D eigenvalue weighted by atomic mass is 16.2. The summed E-state index contributed by atoms with van der Waals surface area (Å²) in [5.74, 6) is 0.373. The van der Waals surface area contributed by atoms with Crippen LogP contribution in [0.4, 0.5) is 0 Å². The van der Waals surface area contributed by atoms with Crippen molar-refractivity contribution >= 4 is 16.8 Å². The number of rotatable bonds is 3. The van der Waals surface area contributed by atoms with Crippen LogP contribution < -0.4 is 11.0 Å². The van der Waals surface area contributed by atoms with E-state index in [1.807, 2.05) is 33.8 Å². The van der Waals surface area contributed by atoms with Crippen molar-refractivity contribution in [2.75, 3.05) is 5.43 Å². The molecule has 0 fully saturated rings. The van der Waals surface area contributed by atoms with Crippen molar-refractivity contribution < 1.29 is 4.79 Å². The van der Waals surface area contributed by atoms with Gasteiger partial charge in [0.25, 0.3) is 5.56 Å². The van der Waals surface area contributed by atoms with Crippen molar-refractivity contribution in [1.82, 2.24) is 9.66 Å². The molecule has 2 rings (SSSR count). The minimum Gasteiger partial charge on any atom is -0.273 e. The van der Waals surface area contributed by atoms with E-state index in [1.54, 1.807) is 18.2 Å². The predicted octanol–water partition coefficient (Wildman–Crippen LogP) is 2.47. The number of hydrogen-bond donors (Lipinski definition) is 1. The zero-order valence-electron chi connectivity index (χ0n) is 12.9. The van der Waals surface area contributed by atoms with Crippen LogP contribution in [0.5, 0.6) is 0 Å². The first-order valence-corrected chi connectivity index (χ1v) is 7.12. The molecule has 1 heterocycles. The number of nitrogens with one attached hydrogen (secondary N) is 1. The van der Waals surface area contributed by atoms with E-state index >= 15 is 0 Å². The van der Waals surface area contributed by atoms with Crippen molar-refractivity contribution in [3.8, 4) is 0 Å². The van der Waals surface area contributed by atoms with Gasteiger partial charge in [-0.1, -0.05) is 39.8 Å². The van der Waals surface area contributed by atoms with E-state index in [-0.39, 0.29) is 16.9 Å². The standard InChI is InChI=1S/C16H21N3O2/c1-5-13-17-12-9-7-6-8-11(12)15(21)19(13)18-14(20)10-16(2,3)4/h6-9H,5,10H2,1-4H3,(H,18,20). The van der Waals surface area contributed by atoms with E-state index in [1.165, 1.54) is 4.68 Å². The molecule has 21 heavy (non-hydrogen) atoms. The fraction of sp³-hybridized carbons (Fsp3) is 0.438. The van der Waals surface area contributed by atoms with Gasteiger partial charge in [0, 0.05) is 12.8 Å². The Kier molecular flexibility index (Phi) is 4.11. The minimum absolute atomic E-state index is 0.135. The van der Waals surface area contributed by atoms with Crippen molar-refractivity contribution in [1.29, 1.82) is 0 Å². The van der Waals surface area contributed by atoms with Gasteiger partial charge in [0.15, 0.2) is 0 Å². The number of aryl methyl sites for hydroxylation is 1. The molecule has 1 aromatic carbocycles. The number of amides is 1. The molecule has 1 aromatic heterocycles. The molecular weight excluding hydrogens is 266 g/mol. The van der Waals surface area contributed by atoms with Crippen LogP contribution in [0.25, 0.3) is 10.9 Å². The Morgan fingerprint density at radius 3 is 2.57 bits per heavy atom. The number of hydrogen-bond acceptors (Lipinski definition) is 3. The van der Waals surface area contributed by atoms with Crippen molar-refractivity contribution in [3.05, 3.63) is 40.4 Å². The Hall–Kier alpha value is -2.17. The highest BCUT2D eigenvalue weighted by Crippen LogP contribution is 2.18. The molecule has 0 saturated heterocycles. The van der Waals surface area contributed by atoms with E-state index in [0.29, 0.717) is 29.6 Å². The van der Waals surface area contributed by atoms with Crippen LogP contribution in [-0.4, -0.2) is 15.6 Å². The molecule has 0 unspecified atom stereocenters. The second-order valence-corrected chi connectivity index (χ2v) is 6.31. The van der Waals surface area contributed by atoms with Gasteiger partial charge < -0.3 is 0 Å². The molecule has 0 radical (unpaired) electrons. The third-order valence-electron chi connectivity index (χ3n) is 3.09. The minimum atomic E-state index is -0.236. The molecule has 1 N–H and O–H groups in total. The maximum atomic E-state index is 12.5. The Morgan fingerprint density at radius 2 is 1.95 bits per heavy atom. The number of para-hydroxylation sites is 1. The number of benzene rings is 1. The fourth-order valence-corrected chi connectivity index (χ4v) is 2.18. The van der Waals surface area contributed by atoms with Gasteiger partial charge in [0.1, 0.15) is 5.82 Å². The number of carbonyl (C=O) groups excluding carboxylic acids is 1. The van der Waals surface area contributed by atoms with Crippen molar-refractivity contribution in [2.45, 2.75) is 40.5 Å². The lowest BCUT2D eigenvalue weighted by molar-refractivity contribution is -0.118. The fourth-order valence-electron chi connectivity index (χ4n) is 2.18. The molecular formula is C16H21N3O2. The zero-order chi connectivity index (χ0) is 15.6. The second-order valence-electron chi connectivity index (χ2n) is 6.31. The van der Waals surface area contributed by atoms with Crippen molar-refractivity contribution in [2.24, 2.45) is 5.41 Å². The molecule has 0 aliphatic heterocycles. The lowest BCUT2D eigenvalue weighted by Crippen LogP contribution is -2.37. The lowest BCUT2D eigenvalue weighted by atomic mass is 9.92. The largest absolute Gasteiger partial charge is 0.280 e. The summed E-state index contributed by atoms with van der Waals surface area (Å²) >= 11 is 0. The summed E-state index contributed by atoms with van der Waals surface area (Å²) < 4.78 is 1.27. The highest BCUT2D eigenvalue weighted by molar-refractivity contribution is 5.85. The topological polar surface area (TPSA) is 64.0 Å². The van der Waals surface area contributed by atoms with Gasteiger partial charge in [0.05, 0.1) is 10.9 Å². The zero-order valence-corrected chi connectivity index (χ0v) is 12.9. The lowest BCUT2D eigenvalue weighted by Gasteiger charge is -2.19. The SMILES string of the molecule is CCc1nc2ccccc2c(=O)n1NC(=O)CC(C)(C)C. The molecule has 112 valence electrons. The Morgan fingerprint density at radius 1 is 1.29 bits per heavy atom. The second kappa shape index (κ2) is 5.68. The summed E-state index contributed by atoms with van der Waals surface area (Å²) in [6, 6.07) is 7.16. The Bertz CT molecular complexity index is 726. The average Bonchev–Trinajstić information content (AvgIpc) is 2.39. The quantitative estimate of drug-likeness (QED) is 0.943. The van der Waals surface area contributed by atoms with E-state index in [2.05, 4.69) is 10.4 Å². The van der Waals surface area contributed by atoms with Crippen LogP contribution in [0.1, 0.15) is 39.9 Å². The van der Waals surface area contributed by atoms with Gasteiger partial charge in [-0.3, -0.25) is 15.0 Å². The normalized spacial score (nSPS) is 11.6. The van der Waals surface area contributed by atoms with Crippen molar-refractivity contribution in [3.63, 3.8) is 0 Å². The number of aromatic nitrogens is 2. The molecule has 0 bridgehead atoms. The summed E-state index contributed by atoms with van der Waals surface area (Å²) in [5, 5.41) is 0.505. The summed E-state index contributed by atoms with van der Waals surface area (Å²) in [7, 11) is 0. The molecule has 0 saturated carbocycles. The third kappa shape index (κ3) is 3.48. The van der Waals surface area contributed by atoms with Gasteiger partial charge >= 0.3 is 0 Å². The summed E-state index contributed by atoms with van der Waals surface area (Å²) in [6.07, 6.45) is 0.908. The van der Waals surface area contributed by atoms with Crippen LogP contribution in [0.3, 0.4) is 0 Å². The molecule has 1 amide bonds. The van der Waals surface area contributed by atoms with Crippen LogP contribution >= 0.6 is 0 Å². The van der Waals surface area contributed by atoms with Crippen LogP contribution in [-0.2, 0) is 11.2 Å². The summed E-state index contributed by atoms with van der Waals surface area (Å²) in [5.41, 5.74) is 2.96. The van der Waals surface area contributed by atoms with Crippen LogP contribution in [0.15, 0.2) is 29.1 Å². The average molecular weight is 287 g/mol. The predicted molar refractivity (Wildman–Crippen MR) is 83.8 cm³/mol. The molecule has 2 aromatic rings. The van der Waals surface area contributed by atoms with Crippen LogP contribution in [0.2, 0.25) is 0 Å². The van der Waals surface area contributed by atoms with Gasteiger partial charge in [-0.25, -0.2) is 9.66 Å². The molecule has 0 aliphatic carbocycles. The smallest absolute Gasteiger partial charge is 0.273 e. The summed E-state index contributed by atoms with van der Waals surface area (Å²) in [6.45, 7) is 7.85. The Balaban J connectivity index is 2.45. The monoisotopic (exact) mass is 287 g/mol.